The fourth-order valence-corrected chi connectivity index (χ4v) is 1.72. The molecule has 0 aliphatic carbocycles. The van der Waals surface area contributed by atoms with Crippen molar-refractivity contribution in [3.05, 3.63) is 48.0 Å². The Kier molecular flexibility index (Phi) is 3.66. The van der Waals surface area contributed by atoms with Crippen LogP contribution in [0.15, 0.2) is 42.5 Å². The number of nitrogens with zero attached hydrogens (tertiary/aromatic N) is 2. The zero-order valence-electron chi connectivity index (χ0n) is 10.9. The highest BCUT2D eigenvalue weighted by molar-refractivity contribution is 5.96. The SMILES string of the molecule is COc1cccc(N(C)c2cccc(C(=N)N)c2)n1. The second kappa shape index (κ2) is 5.39. The van der Waals surface area contributed by atoms with Gasteiger partial charge in [-0.15, -0.1) is 0 Å². The maximum atomic E-state index is 7.47. The van der Waals surface area contributed by atoms with Crippen LogP contribution in [0.5, 0.6) is 5.88 Å². The number of rotatable bonds is 4. The van der Waals surface area contributed by atoms with E-state index in [0.717, 1.165) is 11.5 Å². The van der Waals surface area contributed by atoms with Crippen LogP contribution in [0, 0.1) is 5.41 Å². The molecule has 98 valence electrons. The normalized spacial score (nSPS) is 10.0. The molecule has 5 nitrogen and oxygen atoms in total. The highest BCUT2D eigenvalue weighted by Gasteiger charge is 2.07. The van der Waals surface area contributed by atoms with E-state index in [0.29, 0.717) is 11.4 Å². The molecular weight excluding hydrogens is 240 g/mol. The van der Waals surface area contributed by atoms with Gasteiger partial charge in [-0.1, -0.05) is 18.2 Å². The number of amidine groups is 1. The number of anilines is 2. The van der Waals surface area contributed by atoms with Crippen molar-refractivity contribution in [1.29, 1.82) is 5.41 Å². The molecule has 19 heavy (non-hydrogen) atoms. The van der Waals surface area contributed by atoms with E-state index < -0.39 is 0 Å². The number of hydrogen-bond acceptors (Lipinski definition) is 4. The Labute approximate surface area is 112 Å². The van der Waals surface area contributed by atoms with Gasteiger partial charge in [0.1, 0.15) is 11.7 Å². The van der Waals surface area contributed by atoms with Gasteiger partial charge >= 0.3 is 0 Å². The summed E-state index contributed by atoms with van der Waals surface area (Å²) in [5.74, 6) is 1.38. The summed E-state index contributed by atoms with van der Waals surface area (Å²) < 4.78 is 5.11. The van der Waals surface area contributed by atoms with Crippen molar-refractivity contribution in [3.8, 4) is 5.88 Å². The number of nitrogens with two attached hydrogens (primary N) is 1. The quantitative estimate of drug-likeness (QED) is 0.649. The average molecular weight is 256 g/mol. The zero-order valence-corrected chi connectivity index (χ0v) is 10.9. The number of nitrogens with one attached hydrogen (secondary N) is 1. The number of hydrogen-bond donors (Lipinski definition) is 2. The molecule has 0 unspecified atom stereocenters. The molecule has 0 saturated carbocycles. The van der Waals surface area contributed by atoms with Gasteiger partial charge in [0.05, 0.1) is 7.11 Å². The van der Waals surface area contributed by atoms with E-state index in [4.69, 9.17) is 15.9 Å². The van der Waals surface area contributed by atoms with E-state index in [1.807, 2.05) is 42.3 Å². The Hall–Kier alpha value is -2.56. The van der Waals surface area contributed by atoms with Gasteiger partial charge in [0.15, 0.2) is 0 Å². The van der Waals surface area contributed by atoms with Crippen LogP contribution in [-0.2, 0) is 0 Å². The van der Waals surface area contributed by atoms with E-state index in [-0.39, 0.29) is 5.84 Å². The summed E-state index contributed by atoms with van der Waals surface area (Å²) in [4.78, 5) is 6.27. The Bertz CT molecular complexity index is 598. The fraction of sp³-hybridized carbons (Fsp3) is 0.143. The summed E-state index contributed by atoms with van der Waals surface area (Å²) in [7, 11) is 3.49. The van der Waals surface area contributed by atoms with Crippen LogP contribution < -0.4 is 15.4 Å². The summed E-state index contributed by atoms with van der Waals surface area (Å²) in [6, 6.07) is 13.0. The number of aromatic nitrogens is 1. The van der Waals surface area contributed by atoms with E-state index in [2.05, 4.69) is 4.98 Å². The second-order valence-corrected chi connectivity index (χ2v) is 4.06. The molecule has 1 aromatic carbocycles. The summed E-state index contributed by atoms with van der Waals surface area (Å²) in [5.41, 5.74) is 7.09. The molecule has 3 N–H and O–H groups in total. The summed E-state index contributed by atoms with van der Waals surface area (Å²) in [6.07, 6.45) is 0. The molecule has 0 amide bonds. The Balaban J connectivity index is 2.35. The van der Waals surface area contributed by atoms with Crippen molar-refractivity contribution in [1.82, 2.24) is 4.98 Å². The largest absolute Gasteiger partial charge is 0.481 e. The molecular formula is C14H16N4O. The number of ether oxygens (including phenoxy) is 1. The lowest BCUT2D eigenvalue weighted by Crippen LogP contribution is -2.14. The Morgan fingerprint density at radius 3 is 2.68 bits per heavy atom. The predicted molar refractivity (Wildman–Crippen MR) is 76.3 cm³/mol. The van der Waals surface area contributed by atoms with Crippen LogP contribution in [0.25, 0.3) is 0 Å². The maximum absolute atomic E-state index is 7.47. The minimum Gasteiger partial charge on any atom is -0.481 e. The highest BCUT2D eigenvalue weighted by atomic mass is 16.5. The number of methoxy groups -OCH3 is 1. The first kappa shape index (κ1) is 12.9. The lowest BCUT2D eigenvalue weighted by atomic mass is 10.2. The summed E-state index contributed by atoms with van der Waals surface area (Å²) in [6.45, 7) is 0. The first-order valence-electron chi connectivity index (χ1n) is 5.81. The third-order valence-corrected chi connectivity index (χ3v) is 2.81. The lowest BCUT2D eigenvalue weighted by Gasteiger charge is -2.19. The lowest BCUT2D eigenvalue weighted by molar-refractivity contribution is 0.398. The smallest absolute Gasteiger partial charge is 0.214 e. The molecule has 1 heterocycles. The molecule has 0 aliphatic heterocycles. The minimum absolute atomic E-state index is 0.0499. The van der Waals surface area contributed by atoms with Crippen molar-refractivity contribution < 1.29 is 4.74 Å². The maximum Gasteiger partial charge on any atom is 0.214 e. The van der Waals surface area contributed by atoms with Crippen molar-refractivity contribution in [2.45, 2.75) is 0 Å². The minimum atomic E-state index is 0.0499. The van der Waals surface area contributed by atoms with Crippen LogP contribution >= 0.6 is 0 Å². The van der Waals surface area contributed by atoms with Crippen molar-refractivity contribution >= 4 is 17.3 Å². The van der Waals surface area contributed by atoms with Gasteiger partial charge in [0.25, 0.3) is 0 Å². The molecule has 0 radical (unpaired) electrons. The Morgan fingerprint density at radius 1 is 1.26 bits per heavy atom. The molecule has 0 saturated heterocycles. The van der Waals surface area contributed by atoms with Gasteiger partial charge in [0, 0.05) is 24.4 Å². The molecule has 0 spiro atoms. The average Bonchev–Trinajstić information content (AvgIpc) is 2.46. The van der Waals surface area contributed by atoms with Crippen molar-refractivity contribution in [3.63, 3.8) is 0 Å². The van der Waals surface area contributed by atoms with E-state index in [1.54, 1.807) is 19.2 Å². The molecule has 0 bridgehead atoms. The molecule has 1 aromatic heterocycles. The van der Waals surface area contributed by atoms with Crippen LogP contribution in [-0.4, -0.2) is 25.0 Å². The highest BCUT2D eigenvalue weighted by Crippen LogP contribution is 2.24. The van der Waals surface area contributed by atoms with Crippen molar-refractivity contribution in [2.24, 2.45) is 5.73 Å². The number of pyridine rings is 1. The van der Waals surface area contributed by atoms with Crippen LogP contribution in [0.1, 0.15) is 5.56 Å². The summed E-state index contributed by atoms with van der Waals surface area (Å²) in [5, 5.41) is 7.47. The molecule has 5 heteroatoms. The molecule has 0 aliphatic rings. The molecule has 2 rings (SSSR count). The first-order chi connectivity index (χ1) is 9.11. The third-order valence-electron chi connectivity index (χ3n) is 2.81. The third kappa shape index (κ3) is 2.82. The van der Waals surface area contributed by atoms with Gasteiger partial charge in [-0.2, -0.15) is 4.98 Å². The fourth-order valence-electron chi connectivity index (χ4n) is 1.72. The van der Waals surface area contributed by atoms with E-state index >= 15 is 0 Å². The molecule has 0 fully saturated rings. The van der Waals surface area contributed by atoms with E-state index in [9.17, 15) is 0 Å². The van der Waals surface area contributed by atoms with Gasteiger partial charge in [0.2, 0.25) is 5.88 Å². The van der Waals surface area contributed by atoms with Gasteiger partial charge in [-0.25, -0.2) is 0 Å². The van der Waals surface area contributed by atoms with E-state index in [1.165, 1.54) is 0 Å². The first-order valence-corrected chi connectivity index (χ1v) is 5.81. The predicted octanol–water partition coefficient (Wildman–Crippen LogP) is 2.14. The van der Waals surface area contributed by atoms with Crippen molar-refractivity contribution in [2.75, 3.05) is 19.1 Å². The van der Waals surface area contributed by atoms with Crippen LogP contribution in [0.2, 0.25) is 0 Å². The Morgan fingerprint density at radius 2 is 2.00 bits per heavy atom. The van der Waals surface area contributed by atoms with Gasteiger partial charge < -0.3 is 15.4 Å². The monoisotopic (exact) mass is 256 g/mol. The standard InChI is InChI=1S/C14H16N4O/c1-18(12-7-4-8-13(17-12)19-2)11-6-3-5-10(9-11)14(15)16/h3-9H,1-2H3,(H3,15,16). The van der Waals surface area contributed by atoms with Crippen LogP contribution in [0.4, 0.5) is 11.5 Å². The topological polar surface area (TPSA) is 75.2 Å². The number of benzene rings is 1. The second-order valence-electron chi connectivity index (χ2n) is 4.06. The van der Waals surface area contributed by atoms with Crippen LogP contribution in [0.3, 0.4) is 0 Å². The van der Waals surface area contributed by atoms with Gasteiger partial charge in [-0.3, -0.25) is 5.41 Å². The van der Waals surface area contributed by atoms with Gasteiger partial charge in [-0.05, 0) is 18.2 Å². The molecule has 2 aromatic rings. The zero-order chi connectivity index (χ0) is 13.8. The summed E-state index contributed by atoms with van der Waals surface area (Å²) >= 11 is 0. The molecule has 0 atom stereocenters. The number of nitrogen functional groups attached to an aromatic ring is 1.